The molecule has 108 valence electrons. The van der Waals surface area contributed by atoms with E-state index in [0.717, 1.165) is 10.7 Å². The Morgan fingerprint density at radius 1 is 1.48 bits per heavy atom. The number of imidazole rings is 1. The summed E-state index contributed by atoms with van der Waals surface area (Å²) in [5, 5.41) is 20.2. The maximum Gasteiger partial charge on any atom is 0.165 e. The Hall–Kier alpha value is -1.97. The summed E-state index contributed by atoms with van der Waals surface area (Å²) in [6.45, 7) is 3.71. The first-order valence-corrected chi connectivity index (χ1v) is 7.46. The minimum Gasteiger partial charge on any atom is -0.485 e. The van der Waals surface area contributed by atoms with Gasteiger partial charge in [-0.15, -0.1) is 0 Å². The van der Waals surface area contributed by atoms with Crippen molar-refractivity contribution in [3.8, 4) is 11.8 Å². The van der Waals surface area contributed by atoms with Crippen molar-refractivity contribution in [1.82, 2.24) is 9.97 Å². The van der Waals surface area contributed by atoms with E-state index in [-0.39, 0.29) is 5.25 Å². The number of nitriles is 1. The van der Waals surface area contributed by atoms with E-state index in [1.807, 2.05) is 13.8 Å². The number of rotatable bonds is 2. The molecule has 0 amide bonds. The zero-order chi connectivity index (χ0) is 15.0. The van der Waals surface area contributed by atoms with E-state index >= 15 is 0 Å². The Balaban J connectivity index is 2.06. The molecule has 2 aromatic rings. The van der Waals surface area contributed by atoms with Gasteiger partial charge in [0.1, 0.15) is 17.5 Å². The Morgan fingerprint density at radius 2 is 2.29 bits per heavy atom. The van der Waals surface area contributed by atoms with Gasteiger partial charge in [-0.25, -0.2) is 4.98 Å². The van der Waals surface area contributed by atoms with Gasteiger partial charge in [-0.05, 0) is 32.0 Å². The molecule has 1 aromatic carbocycles. The predicted octanol–water partition coefficient (Wildman–Crippen LogP) is 2.65. The van der Waals surface area contributed by atoms with Gasteiger partial charge >= 0.3 is 0 Å². The number of aliphatic hydroxyl groups excluding tert-OH is 1. The van der Waals surface area contributed by atoms with Crippen LogP contribution in [0.3, 0.4) is 0 Å². The Bertz CT molecular complexity index is 691. The molecule has 3 rings (SSSR count). The second kappa shape index (κ2) is 5.10. The highest BCUT2D eigenvalue weighted by Crippen LogP contribution is 2.48. The number of hydrogen-bond acceptors (Lipinski definition) is 5. The minimum absolute atomic E-state index is 0.247. The molecular formula is C15H15N3O2S. The highest BCUT2D eigenvalue weighted by Gasteiger charge is 2.43. The number of aromatic amines is 1. The number of aromatic nitrogens is 2. The molecule has 2 N–H and O–H groups in total. The fourth-order valence-corrected chi connectivity index (χ4v) is 3.64. The quantitative estimate of drug-likeness (QED) is 0.891. The van der Waals surface area contributed by atoms with E-state index in [1.54, 1.807) is 30.6 Å². The van der Waals surface area contributed by atoms with Crippen LogP contribution < -0.4 is 4.74 Å². The zero-order valence-electron chi connectivity index (χ0n) is 11.7. The van der Waals surface area contributed by atoms with E-state index in [1.165, 1.54) is 11.8 Å². The van der Waals surface area contributed by atoms with Gasteiger partial charge in [0, 0.05) is 18.0 Å². The number of ether oxygens (including phenoxy) is 1. The largest absolute Gasteiger partial charge is 0.485 e. The lowest BCUT2D eigenvalue weighted by Crippen LogP contribution is -2.48. The summed E-state index contributed by atoms with van der Waals surface area (Å²) in [6.07, 6.45) is 2.70. The Labute approximate surface area is 127 Å². The molecule has 0 radical (unpaired) electrons. The maximum absolute atomic E-state index is 10.6. The van der Waals surface area contributed by atoms with E-state index in [4.69, 9.17) is 10.00 Å². The number of aliphatic hydroxyl groups is 1. The van der Waals surface area contributed by atoms with Crippen molar-refractivity contribution in [1.29, 1.82) is 5.26 Å². The van der Waals surface area contributed by atoms with Gasteiger partial charge in [0.05, 0.1) is 16.9 Å². The predicted molar refractivity (Wildman–Crippen MR) is 79.1 cm³/mol. The Morgan fingerprint density at radius 3 is 2.95 bits per heavy atom. The van der Waals surface area contributed by atoms with Crippen molar-refractivity contribution in [2.75, 3.05) is 0 Å². The lowest BCUT2D eigenvalue weighted by molar-refractivity contribution is -0.0430. The van der Waals surface area contributed by atoms with E-state index in [9.17, 15) is 5.11 Å². The van der Waals surface area contributed by atoms with Crippen LogP contribution in [0.5, 0.6) is 5.75 Å². The lowest BCUT2D eigenvalue weighted by Gasteiger charge is -2.41. The van der Waals surface area contributed by atoms with Gasteiger partial charge in [-0.2, -0.15) is 5.26 Å². The van der Waals surface area contributed by atoms with Crippen molar-refractivity contribution in [2.24, 2.45) is 0 Å². The third-order valence-electron chi connectivity index (χ3n) is 3.53. The zero-order valence-corrected chi connectivity index (χ0v) is 12.5. The van der Waals surface area contributed by atoms with Crippen molar-refractivity contribution in [3.05, 3.63) is 41.7 Å². The molecule has 1 aliphatic rings. The average molecular weight is 301 g/mol. The first-order valence-electron chi connectivity index (χ1n) is 6.58. The first kappa shape index (κ1) is 14.0. The topological polar surface area (TPSA) is 81.9 Å². The minimum atomic E-state index is -0.714. The molecule has 0 fully saturated rings. The highest BCUT2D eigenvalue weighted by molar-refractivity contribution is 7.99. The van der Waals surface area contributed by atoms with Gasteiger partial charge < -0.3 is 14.8 Å². The second-order valence-electron chi connectivity index (χ2n) is 5.45. The summed E-state index contributed by atoms with van der Waals surface area (Å²) in [5.41, 5.74) is 0.669. The smallest absolute Gasteiger partial charge is 0.165 e. The van der Waals surface area contributed by atoms with Gasteiger partial charge in [0.25, 0.3) is 0 Å². The van der Waals surface area contributed by atoms with Crippen LogP contribution in [-0.2, 0) is 0 Å². The molecule has 1 aromatic heterocycles. The SMILES string of the molecule is CC1(C)Oc2ccc(C#N)cc2[C@@H](Sc2ncc[nH]2)[C@@H]1O. The normalized spacial score (nSPS) is 23.0. The van der Waals surface area contributed by atoms with Crippen LogP contribution in [-0.4, -0.2) is 26.8 Å². The third kappa shape index (κ3) is 2.50. The number of thioether (sulfide) groups is 1. The molecule has 0 aliphatic carbocycles. The first-order chi connectivity index (χ1) is 10.0. The number of nitrogens with zero attached hydrogens (tertiary/aromatic N) is 2. The molecule has 1 aliphatic heterocycles. The van der Waals surface area contributed by atoms with Crippen LogP contribution in [0.4, 0.5) is 0 Å². The van der Waals surface area contributed by atoms with Crippen LogP contribution >= 0.6 is 11.8 Å². The fraction of sp³-hybridized carbons (Fsp3) is 0.333. The lowest BCUT2D eigenvalue weighted by atomic mass is 9.90. The molecule has 0 spiro atoms. The summed E-state index contributed by atoms with van der Waals surface area (Å²) in [4.78, 5) is 7.23. The van der Waals surface area contributed by atoms with Gasteiger partial charge in [-0.1, -0.05) is 11.8 Å². The van der Waals surface area contributed by atoms with Crippen LogP contribution in [0.1, 0.15) is 30.2 Å². The van der Waals surface area contributed by atoms with Gasteiger partial charge in [0.15, 0.2) is 5.16 Å². The molecule has 2 heterocycles. The molecule has 2 atom stereocenters. The molecule has 21 heavy (non-hydrogen) atoms. The molecular weight excluding hydrogens is 286 g/mol. The Kier molecular flexibility index (Phi) is 3.40. The molecule has 0 saturated heterocycles. The van der Waals surface area contributed by atoms with Crippen molar-refractivity contribution in [2.45, 2.75) is 36.0 Å². The summed E-state index contributed by atoms with van der Waals surface area (Å²) in [7, 11) is 0. The van der Waals surface area contributed by atoms with Crippen LogP contribution in [0.2, 0.25) is 0 Å². The summed E-state index contributed by atoms with van der Waals surface area (Å²) >= 11 is 1.44. The molecule has 6 heteroatoms. The van der Waals surface area contributed by atoms with Gasteiger partial charge in [-0.3, -0.25) is 0 Å². The van der Waals surface area contributed by atoms with E-state index < -0.39 is 11.7 Å². The number of nitrogens with one attached hydrogen (secondary N) is 1. The summed E-state index contributed by atoms with van der Waals surface area (Å²) in [6, 6.07) is 7.41. The summed E-state index contributed by atoms with van der Waals surface area (Å²) in [5.74, 6) is 0.702. The van der Waals surface area contributed by atoms with Crippen molar-refractivity contribution in [3.63, 3.8) is 0 Å². The van der Waals surface area contributed by atoms with Crippen LogP contribution in [0.15, 0.2) is 35.7 Å². The van der Waals surface area contributed by atoms with Gasteiger partial charge in [0.2, 0.25) is 0 Å². The number of H-pyrrole nitrogens is 1. The fourth-order valence-electron chi connectivity index (χ4n) is 2.38. The molecule has 5 nitrogen and oxygen atoms in total. The van der Waals surface area contributed by atoms with Crippen molar-refractivity contribution < 1.29 is 9.84 Å². The molecule has 0 unspecified atom stereocenters. The average Bonchev–Trinajstić information content (AvgIpc) is 2.96. The maximum atomic E-state index is 10.6. The number of benzene rings is 1. The molecule has 0 saturated carbocycles. The number of hydrogen-bond donors (Lipinski definition) is 2. The molecule has 0 bridgehead atoms. The standard InChI is InChI=1S/C15H15N3O2S/c1-15(2)13(19)12(21-14-17-5-6-18-14)10-7-9(8-16)3-4-11(10)20-15/h3-7,12-13,19H,1-2H3,(H,17,18)/t12-,13+/m1/s1. The van der Waals surface area contributed by atoms with E-state index in [0.29, 0.717) is 11.3 Å². The van der Waals surface area contributed by atoms with Crippen LogP contribution in [0.25, 0.3) is 0 Å². The van der Waals surface area contributed by atoms with Crippen molar-refractivity contribution >= 4 is 11.8 Å². The monoisotopic (exact) mass is 301 g/mol. The number of fused-ring (bicyclic) bond motifs is 1. The highest BCUT2D eigenvalue weighted by atomic mass is 32.2. The third-order valence-corrected chi connectivity index (χ3v) is 4.74. The second-order valence-corrected chi connectivity index (χ2v) is 6.58. The van der Waals surface area contributed by atoms with E-state index in [2.05, 4.69) is 16.0 Å². The summed E-state index contributed by atoms with van der Waals surface area (Å²) < 4.78 is 5.88. The van der Waals surface area contributed by atoms with Crippen LogP contribution in [0, 0.1) is 11.3 Å².